The second kappa shape index (κ2) is 4.73. The first-order valence-electron chi connectivity index (χ1n) is 5.15. The van der Waals surface area contributed by atoms with Gasteiger partial charge in [0.1, 0.15) is 0 Å². The van der Waals surface area contributed by atoms with Crippen LogP contribution in [0.5, 0.6) is 0 Å². The van der Waals surface area contributed by atoms with Crippen molar-refractivity contribution in [1.82, 2.24) is 20.4 Å². The molecular formula is C10H15N5S. The molecule has 6 heteroatoms. The van der Waals surface area contributed by atoms with E-state index < -0.39 is 0 Å². The molecule has 16 heavy (non-hydrogen) atoms. The molecule has 2 aromatic heterocycles. The molecule has 1 unspecified atom stereocenters. The van der Waals surface area contributed by atoms with Crippen LogP contribution in [0.2, 0.25) is 0 Å². The highest BCUT2D eigenvalue weighted by molar-refractivity contribution is 7.12. The average molecular weight is 237 g/mol. The third-order valence-electron chi connectivity index (χ3n) is 2.53. The van der Waals surface area contributed by atoms with E-state index in [1.807, 2.05) is 7.05 Å². The van der Waals surface area contributed by atoms with Gasteiger partial charge in [0.05, 0.1) is 17.9 Å². The first kappa shape index (κ1) is 11.3. The number of hydrazine groups is 1. The standard InChI is InChI=1S/C10H15N5S/c1-3-7-4-5-9(16-7)10(13-11)8-6-12-14-15(8)2/h4-6,10,13H,3,11H2,1-2H3. The minimum atomic E-state index is -0.0368. The fourth-order valence-electron chi connectivity index (χ4n) is 1.61. The number of aryl methyl sites for hydroxylation is 2. The van der Waals surface area contributed by atoms with Gasteiger partial charge < -0.3 is 0 Å². The zero-order valence-electron chi connectivity index (χ0n) is 9.34. The number of nitrogens with zero attached hydrogens (tertiary/aromatic N) is 3. The number of thiophene rings is 1. The van der Waals surface area contributed by atoms with Crippen molar-refractivity contribution >= 4 is 11.3 Å². The van der Waals surface area contributed by atoms with Gasteiger partial charge in [0, 0.05) is 16.8 Å². The molecule has 2 heterocycles. The summed E-state index contributed by atoms with van der Waals surface area (Å²) in [5.41, 5.74) is 3.77. The number of nitrogens with two attached hydrogens (primary N) is 1. The van der Waals surface area contributed by atoms with Crippen LogP contribution < -0.4 is 11.3 Å². The predicted molar refractivity (Wildman–Crippen MR) is 63.9 cm³/mol. The molecule has 0 aliphatic carbocycles. The van der Waals surface area contributed by atoms with Gasteiger partial charge in [0.25, 0.3) is 0 Å². The van der Waals surface area contributed by atoms with Gasteiger partial charge >= 0.3 is 0 Å². The molecular weight excluding hydrogens is 222 g/mol. The van der Waals surface area contributed by atoms with Gasteiger partial charge in [-0.1, -0.05) is 12.1 Å². The van der Waals surface area contributed by atoms with Gasteiger partial charge in [-0.25, -0.2) is 5.43 Å². The van der Waals surface area contributed by atoms with Crippen molar-refractivity contribution in [3.05, 3.63) is 33.8 Å². The second-order valence-electron chi connectivity index (χ2n) is 3.54. The van der Waals surface area contributed by atoms with Crippen molar-refractivity contribution in [2.75, 3.05) is 0 Å². The van der Waals surface area contributed by atoms with E-state index in [0.29, 0.717) is 0 Å². The van der Waals surface area contributed by atoms with Gasteiger partial charge in [-0.05, 0) is 18.6 Å². The van der Waals surface area contributed by atoms with Crippen molar-refractivity contribution in [2.45, 2.75) is 19.4 Å². The SMILES string of the molecule is CCc1ccc(C(NN)c2cnnn2C)s1. The Morgan fingerprint density at radius 1 is 1.56 bits per heavy atom. The Bertz CT molecular complexity index is 461. The van der Waals surface area contributed by atoms with Crippen LogP contribution in [-0.4, -0.2) is 15.0 Å². The van der Waals surface area contributed by atoms with Crippen molar-refractivity contribution in [3.8, 4) is 0 Å². The highest BCUT2D eigenvalue weighted by atomic mass is 32.1. The van der Waals surface area contributed by atoms with E-state index >= 15 is 0 Å². The Kier molecular flexibility index (Phi) is 3.33. The van der Waals surface area contributed by atoms with Gasteiger partial charge in [0.15, 0.2) is 0 Å². The van der Waals surface area contributed by atoms with Crippen LogP contribution in [0.15, 0.2) is 18.3 Å². The monoisotopic (exact) mass is 237 g/mol. The highest BCUT2D eigenvalue weighted by Gasteiger charge is 2.18. The third-order valence-corrected chi connectivity index (χ3v) is 3.82. The number of rotatable bonds is 4. The van der Waals surface area contributed by atoms with Crippen molar-refractivity contribution in [2.24, 2.45) is 12.9 Å². The van der Waals surface area contributed by atoms with Crippen LogP contribution in [0.4, 0.5) is 0 Å². The number of hydrogen-bond donors (Lipinski definition) is 2. The first-order chi connectivity index (χ1) is 7.76. The van der Waals surface area contributed by atoms with Crippen molar-refractivity contribution < 1.29 is 0 Å². The van der Waals surface area contributed by atoms with E-state index in [1.54, 1.807) is 22.2 Å². The van der Waals surface area contributed by atoms with E-state index in [1.165, 1.54) is 9.75 Å². The fourth-order valence-corrected chi connectivity index (χ4v) is 2.64. The zero-order chi connectivity index (χ0) is 11.5. The lowest BCUT2D eigenvalue weighted by atomic mass is 10.2. The Labute approximate surface area is 98.2 Å². The summed E-state index contributed by atoms with van der Waals surface area (Å²) in [6.45, 7) is 2.14. The molecule has 0 radical (unpaired) electrons. The normalized spacial score (nSPS) is 12.9. The highest BCUT2D eigenvalue weighted by Crippen LogP contribution is 2.27. The van der Waals surface area contributed by atoms with E-state index in [2.05, 4.69) is 34.8 Å². The molecule has 0 aliphatic heterocycles. The molecule has 5 nitrogen and oxygen atoms in total. The first-order valence-corrected chi connectivity index (χ1v) is 5.97. The van der Waals surface area contributed by atoms with Crippen LogP contribution in [0.25, 0.3) is 0 Å². The number of aromatic nitrogens is 3. The van der Waals surface area contributed by atoms with Gasteiger partial charge in [-0.3, -0.25) is 10.5 Å². The lowest BCUT2D eigenvalue weighted by Gasteiger charge is -2.13. The smallest absolute Gasteiger partial charge is 0.0986 e. The van der Waals surface area contributed by atoms with E-state index in [-0.39, 0.29) is 6.04 Å². The molecule has 0 fully saturated rings. The van der Waals surface area contributed by atoms with Crippen LogP contribution in [0.1, 0.15) is 28.4 Å². The maximum absolute atomic E-state index is 5.60. The molecule has 0 spiro atoms. The Morgan fingerprint density at radius 3 is 2.88 bits per heavy atom. The largest absolute Gasteiger partial charge is 0.270 e. The van der Waals surface area contributed by atoms with Crippen LogP contribution in [0.3, 0.4) is 0 Å². The van der Waals surface area contributed by atoms with Crippen LogP contribution in [0, 0.1) is 0 Å². The summed E-state index contributed by atoms with van der Waals surface area (Å²) in [4.78, 5) is 2.54. The molecule has 1 atom stereocenters. The van der Waals surface area contributed by atoms with E-state index in [0.717, 1.165) is 12.1 Å². The molecule has 86 valence electrons. The maximum Gasteiger partial charge on any atom is 0.0986 e. The van der Waals surface area contributed by atoms with E-state index in [4.69, 9.17) is 5.84 Å². The topological polar surface area (TPSA) is 68.8 Å². The summed E-state index contributed by atoms with van der Waals surface area (Å²) in [6, 6.07) is 4.19. The minimum Gasteiger partial charge on any atom is -0.270 e. The third kappa shape index (κ3) is 1.99. The molecule has 3 N–H and O–H groups in total. The zero-order valence-corrected chi connectivity index (χ0v) is 10.2. The van der Waals surface area contributed by atoms with Crippen LogP contribution >= 0.6 is 11.3 Å². The molecule has 0 saturated carbocycles. The number of hydrogen-bond acceptors (Lipinski definition) is 5. The van der Waals surface area contributed by atoms with Gasteiger partial charge in [-0.2, -0.15) is 0 Å². The molecule has 0 aromatic carbocycles. The molecule has 0 aliphatic rings. The van der Waals surface area contributed by atoms with Gasteiger partial charge in [0.2, 0.25) is 0 Å². The van der Waals surface area contributed by atoms with Crippen molar-refractivity contribution in [3.63, 3.8) is 0 Å². The van der Waals surface area contributed by atoms with Crippen LogP contribution in [-0.2, 0) is 13.5 Å². The minimum absolute atomic E-state index is 0.0368. The average Bonchev–Trinajstić information content (AvgIpc) is 2.90. The fraction of sp³-hybridized carbons (Fsp3) is 0.400. The summed E-state index contributed by atoms with van der Waals surface area (Å²) in [5.74, 6) is 5.60. The lowest BCUT2D eigenvalue weighted by Crippen LogP contribution is -2.29. The van der Waals surface area contributed by atoms with E-state index in [9.17, 15) is 0 Å². The Balaban J connectivity index is 2.32. The lowest BCUT2D eigenvalue weighted by molar-refractivity contribution is 0.576. The Morgan fingerprint density at radius 2 is 2.38 bits per heavy atom. The second-order valence-corrected chi connectivity index (χ2v) is 4.74. The summed E-state index contributed by atoms with van der Waals surface area (Å²) < 4.78 is 1.73. The maximum atomic E-state index is 5.60. The molecule has 0 bridgehead atoms. The summed E-state index contributed by atoms with van der Waals surface area (Å²) >= 11 is 1.76. The quantitative estimate of drug-likeness (QED) is 0.614. The summed E-state index contributed by atoms with van der Waals surface area (Å²) in [7, 11) is 1.86. The summed E-state index contributed by atoms with van der Waals surface area (Å²) in [5, 5.41) is 7.78. The molecule has 2 aromatic rings. The van der Waals surface area contributed by atoms with Gasteiger partial charge in [-0.15, -0.1) is 16.4 Å². The molecule has 0 amide bonds. The number of nitrogens with one attached hydrogen (secondary N) is 1. The molecule has 0 saturated heterocycles. The molecule has 2 rings (SSSR count). The summed E-state index contributed by atoms with van der Waals surface area (Å²) in [6.07, 6.45) is 2.78. The predicted octanol–water partition coefficient (Wildman–Crippen LogP) is 0.992. The van der Waals surface area contributed by atoms with Crippen molar-refractivity contribution in [1.29, 1.82) is 0 Å². The Hall–Kier alpha value is -1.24.